The monoisotopic (exact) mass is 1310 g/mol. The van der Waals surface area contributed by atoms with E-state index in [1.165, 1.54) is 100 Å². The zero-order valence-electron chi connectivity index (χ0n) is 48.4. The van der Waals surface area contributed by atoms with Gasteiger partial charge in [-0.25, -0.2) is 8.42 Å². The second-order valence-electron chi connectivity index (χ2n) is 21.3. The van der Waals surface area contributed by atoms with Crippen LogP contribution in [0.2, 0.25) is 0 Å². The molecule has 19 heteroatoms. The van der Waals surface area contributed by atoms with Crippen LogP contribution in [0, 0.1) is 5.41 Å². The SMILES string of the molecule is Br.CC(=O)CS(=O)(=O)C1CCc2ccccc21.CC(=O)CS(=O)C1CCc2ccccc21.CC(=O)CSC1CCc2ccccc21.F.N=C(N)SC1CCc2ccccc21.O=C(O)CSC1CCc2ccccc21.OC1CCc2ccccc21.[B]. The van der Waals surface area contributed by atoms with Crippen molar-refractivity contribution in [3.05, 3.63) is 212 Å². The number of hydrogen-bond acceptors (Lipinski definition) is 12. The Kier molecular flexibility index (Phi) is 30.3. The summed E-state index contributed by atoms with van der Waals surface area (Å²) in [5.74, 6) is -0.0101. The molecule has 0 aliphatic heterocycles. The van der Waals surface area contributed by atoms with Crippen LogP contribution in [-0.2, 0) is 78.3 Å². The number of aliphatic hydroxyl groups excluding tert-OH is 1. The lowest BCUT2D eigenvalue weighted by molar-refractivity contribution is -0.134. The Morgan fingerprint density at radius 1 is 0.529 bits per heavy atom. The number of thioether (sulfide) groups is 3. The Bertz CT molecular complexity index is 3280. The molecular formula is C66H78BBrFN2O9S5. The first kappa shape index (κ1) is 72.3. The molecule has 5 N–H and O–H groups in total. The lowest BCUT2D eigenvalue weighted by atomic mass is 10.1. The quantitative estimate of drug-likeness (QED) is 0.0482. The molecule has 12 rings (SSSR count). The molecule has 0 saturated heterocycles. The van der Waals surface area contributed by atoms with Crippen molar-refractivity contribution < 1.29 is 46.7 Å². The molecule has 6 aliphatic rings. The maximum Gasteiger partial charge on any atom is 0.313 e. The van der Waals surface area contributed by atoms with Crippen LogP contribution in [0.25, 0.3) is 0 Å². The van der Waals surface area contributed by atoms with Gasteiger partial charge in [-0.05, 0) is 165 Å². The average Bonchev–Trinajstić information content (AvgIpc) is 3.99. The van der Waals surface area contributed by atoms with Gasteiger partial charge in [0.2, 0.25) is 0 Å². The van der Waals surface area contributed by atoms with Gasteiger partial charge in [-0.2, -0.15) is 0 Å². The van der Waals surface area contributed by atoms with E-state index in [9.17, 15) is 36.9 Å². The number of carboxylic acids is 1. The minimum Gasteiger partial charge on any atom is -0.481 e. The van der Waals surface area contributed by atoms with Gasteiger partial charge in [0, 0.05) is 35.0 Å². The van der Waals surface area contributed by atoms with E-state index >= 15 is 0 Å². The molecule has 0 heterocycles. The Balaban J connectivity index is 0.000000218. The van der Waals surface area contributed by atoms with Crippen LogP contribution in [0.3, 0.4) is 0 Å². The van der Waals surface area contributed by atoms with Crippen LogP contribution in [-0.4, -0.2) is 82.8 Å². The molecule has 453 valence electrons. The van der Waals surface area contributed by atoms with Crippen molar-refractivity contribution in [2.24, 2.45) is 5.73 Å². The maximum absolute atomic E-state index is 12.0. The van der Waals surface area contributed by atoms with Crippen molar-refractivity contribution in [1.82, 2.24) is 0 Å². The molecule has 0 saturated carbocycles. The van der Waals surface area contributed by atoms with Crippen molar-refractivity contribution in [1.29, 1.82) is 5.41 Å². The second kappa shape index (κ2) is 35.6. The summed E-state index contributed by atoms with van der Waals surface area (Å²) in [5.41, 5.74) is 20.7. The number of aryl methyl sites for hydroxylation is 6. The number of aliphatic hydroxyl groups is 1. The van der Waals surface area contributed by atoms with Gasteiger partial charge < -0.3 is 15.9 Å². The average molecular weight is 1310 g/mol. The topological polar surface area (TPSA) is 210 Å². The molecule has 0 aromatic heterocycles. The van der Waals surface area contributed by atoms with Crippen LogP contribution >= 0.6 is 52.3 Å². The third kappa shape index (κ3) is 21.3. The van der Waals surface area contributed by atoms with Crippen LogP contribution in [0.4, 0.5) is 4.70 Å². The summed E-state index contributed by atoms with van der Waals surface area (Å²) < 4.78 is 35.9. The van der Waals surface area contributed by atoms with Crippen LogP contribution in [0.5, 0.6) is 0 Å². The van der Waals surface area contributed by atoms with Crippen molar-refractivity contribution in [3.63, 3.8) is 0 Å². The van der Waals surface area contributed by atoms with Gasteiger partial charge >= 0.3 is 5.97 Å². The number of hydrogen-bond donors (Lipinski definition) is 4. The highest BCUT2D eigenvalue weighted by molar-refractivity contribution is 8.93. The van der Waals surface area contributed by atoms with E-state index in [2.05, 4.69) is 72.8 Å². The maximum atomic E-state index is 12.0. The summed E-state index contributed by atoms with van der Waals surface area (Å²) in [6, 6.07) is 49.1. The second-order valence-corrected chi connectivity index (χ2v) is 28.7. The summed E-state index contributed by atoms with van der Waals surface area (Å²) in [6.45, 7) is 4.48. The number of ketones is 3. The molecular weight excluding hydrogens is 1230 g/mol. The molecule has 11 nitrogen and oxygen atoms in total. The number of nitrogens with two attached hydrogens (primary N) is 1. The van der Waals surface area contributed by atoms with Gasteiger partial charge in [0.15, 0.2) is 15.0 Å². The number of nitrogens with one attached hydrogen (secondary N) is 1. The Labute approximate surface area is 529 Å². The summed E-state index contributed by atoms with van der Waals surface area (Å²) >= 11 is 4.79. The molecule has 6 aromatic rings. The smallest absolute Gasteiger partial charge is 0.313 e. The van der Waals surface area contributed by atoms with Crippen molar-refractivity contribution in [2.45, 2.75) is 130 Å². The molecule has 0 amide bonds. The van der Waals surface area contributed by atoms with Gasteiger partial charge in [-0.3, -0.25) is 33.5 Å². The third-order valence-corrected chi connectivity index (χ3v) is 22.9. The number of sulfone groups is 1. The first-order chi connectivity index (χ1) is 39.4. The fourth-order valence-electron chi connectivity index (χ4n) is 11.5. The van der Waals surface area contributed by atoms with E-state index in [1.54, 1.807) is 18.7 Å². The highest BCUT2D eigenvalue weighted by Gasteiger charge is 2.34. The molecule has 85 heavy (non-hydrogen) atoms. The number of aliphatic carboxylic acids is 1. The molecule has 6 aliphatic carbocycles. The third-order valence-electron chi connectivity index (χ3n) is 15.2. The van der Waals surface area contributed by atoms with Crippen LogP contribution in [0.15, 0.2) is 146 Å². The molecule has 7 atom stereocenters. The Morgan fingerprint density at radius 3 is 1.34 bits per heavy atom. The fraction of sp³-hybridized carbons (Fsp3) is 0.379. The first-order valence-electron chi connectivity index (χ1n) is 28.1. The van der Waals surface area contributed by atoms with E-state index in [1.807, 2.05) is 72.8 Å². The number of Topliss-reactive ketones (excluding diaryl/α,β-unsaturated/α-hetero) is 3. The highest BCUT2D eigenvalue weighted by atomic mass is 79.9. The van der Waals surface area contributed by atoms with E-state index in [-0.39, 0.29) is 81.2 Å². The van der Waals surface area contributed by atoms with Gasteiger partial charge in [-0.1, -0.05) is 157 Å². The molecule has 6 aromatic carbocycles. The number of fused-ring (bicyclic) bond motifs is 6. The van der Waals surface area contributed by atoms with E-state index < -0.39 is 31.9 Å². The zero-order valence-corrected chi connectivity index (χ0v) is 54.2. The molecule has 0 fully saturated rings. The van der Waals surface area contributed by atoms with Crippen molar-refractivity contribution in [3.8, 4) is 0 Å². The largest absolute Gasteiger partial charge is 0.481 e. The number of halogens is 2. The van der Waals surface area contributed by atoms with E-state index in [4.69, 9.17) is 16.2 Å². The number of carbonyl (C=O) groups excluding carboxylic acids is 3. The number of rotatable bonds is 13. The normalized spacial score (nSPS) is 19.4. The Hall–Kier alpha value is -5.15. The lowest BCUT2D eigenvalue weighted by Crippen LogP contribution is -2.19. The lowest BCUT2D eigenvalue weighted by Gasteiger charge is -2.11. The number of amidine groups is 1. The van der Waals surface area contributed by atoms with Crippen molar-refractivity contribution >= 4 is 110 Å². The minimum atomic E-state index is -3.32. The van der Waals surface area contributed by atoms with E-state index in [0.717, 1.165) is 74.5 Å². The Morgan fingerprint density at radius 2 is 0.894 bits per heavy atom. The highest BCUT2D eigenvalue weighted by Crippen LogP contribution is 2.43. The van der Waals surface area contributed by atoms with Crippen LogP contribution in [0.1, 0.15) is 158 Å². The molecule has 0 spiro atoms. The summed E-state index contributed by atoms with van der Waals surface area (Å²) in [6.07, 6.45) is 11.8. The van der Waals surface area contributed by atoms with Crippen molar-refractivity contribution in [2.75, 3.05) is 23.0 Å². The fourth-order valence-corrected chi connectivity index (χ4v) is 17.9. The molecule has 7 unspecified atom stereocenters. The predicted octanol–water partition coefficient (Wildman–Crippen LogP) is 13.5. The molecule has 3 radical (unpaired) electrons. The number of benzene rings is 6. The van der Waals surface area contributed by atoms with E-state index in [0.29, 0.717) is 27.9 Å². The minimum absolute atomic E-state index is 0. The number of carbonyl (C=O) groups is 4. The van der Waals surface area contributed by atoms with Gasteiger partial charge in [0.1, 0.15) is 23.1 Å². The summed E-state index contributed by atoms with van der Waals surface area (Å²) in [7, 11) is -4.36. The predicted molar refractivity (Wildman–Crippen MR) is 357 cm³/mol. The van der Waals surface area contributed by atoms with Gasteiger partial charge in [-0.15, -0.1) is 40.5 Å². The number of carboxylic acid groups (broad SMARTS) is 1. The summed E-state index contributed by atoms with van der Waals surface area (Å²) in [4.78, 5) is 43.2. The first-order valence-corrected chi connectivity index (χ1v) is 34.1. The molecule has 0 bridgehead atoms. The van der Waals surface area contributed by atoms with Gasteiger partial charge in [0.25, 0.3) is 0 Å². The van der Waals surface area contributed by atoms with Crippen LogP contribution < -0.4 is 5.73 Å². The summed E-state index contributed by atoms with van der Waals surface area (Å²) in [5, 5.41) is 26.4. The zero-order chi connectivity index (χ0) is 58.8. The van der Waals surface area contributed by atoms with Gasteiger partial charge in [0.05, 0.1) is 33.9 Å². The standard InChI is InChI=1S/C12H14O3S.C12H14O2S.C12H14OS.C11H12O2S.C10H12N2S.C9H10O.B.BrH.FH/c1-9(13)8-16(14,15)12-7-6-10-4-2-3-5-11(10)12;1-9(13)8-15(14)12-7-6-10-4-2-3-5-11(10)12;1-9(13)8-14-12-7-6-10-4-2-3-5-11(10)12;12-11(13)7-14-10-6-5-8-3-1-2-4-9(8)10;11-10(12)13-9-6-5-7-3-1-2-4-8(7)9;10-9-6-5-7-3-1-2-4-8(7)9;;;/h2-5,12H,6-8H2,1H3;2-5,12H,6-8H2,1H3;2-5,12H,6-8H2,1H3;1-4,10H,5-7H2,(H,12,13);1-4,9H,5-6H2,(H3,11,12);1-4,9-10H,5-6H2;;2*1H.